The summed E-state index contributed by atoms with van der Waals surface area (Å²) in [4.78, 5) is 31.7. The third kappa shape index (κ3) is 2.90. The fourth-order valence-electron chi connectivity index (χ4n) is 3.58. The van der Waals surface area contributed by atoms with E-state index < -0.39 is 10.5 Å². The zero-order valence-electron chi connectivity index (χ0n) is 15.4. The Labute approximate surface area is 159 Å². The number of aromatic amines is 1. The molecule has 1 N–H and O–H groups in total. The first-order chi connectivity index (χ1) is 13.5. The number of aromatic nitrogens is 2. The number of methoxy groups -OCH3 is 2. The van der Waals surface area contributed by atoms with E-state index in [2.05, 4.69) is 9.97 Å². The molecule has 1 aliphatic heterocycles. The molecule has 0 atom stereocenters. The van der Waals surface area contributed by atoms with E-state index in [1.807, 2.05) is 17.0 Å². The number of rotatable bonds is 4. The molecular weight excluding hydrogens is 364 g/mol. The van der Waals surface area contributed by atoms with Gasteiger partial charge in [0.15, 0.2) is 11.5 Å². The summed E-state index contributed by atoms with van der Waals surface area (Å²) in [5.41, 5.74) is 2.47. The van der Waals surface area contributed by atoms with Crippen molar-refractivity contribution < 1.29 is 14.4 Å². The van der Waals surface area contributed by atoms with Crippen LogP contribution in [0.1, 0.15) is 11.1 Å². The number of hydrogen-bond acceptors (Lipinski definition) is 7. The number of nitro groups is 1. The standard InChI is InChI=1S/C19H18N4O5/c1-27-17-5-11-3-4-22(9-12(11)6-18(17)28-2)15-8-14-13(7-16(15)23(25)26)19(24)21-10-20-14/h5-8,10H,3-4,9H2,1-2H3,(H,20,21,24). The maximum Gasteiger partial charge on any atom is 0.293 e. The van der Waals surface area contributed by atoms with Crippen LogP contribution < -0.4 is 19.9 Å². The van der Waals surface area contributed by atoms with E-state index in [4.69, 9.17) is 9.47 Å². The van der Waals surface area contributed by atoms with E-state index in [9.17, 15) is 14.9 Å². The van der Waals surface area contributed by atoms with E-state index in [1.54, 1.807) is 20.3 Å². The summed E-state index contributed by atoms with van der Waals surface area (Å²) in [6.45, 7) is 1.07. The van der Waals surface area contributed by atoms with Gasteiger partial charge < -0.3 is 19.4 Å². The molecule has 0 radical (unpaired) electrons. The molecule has 0 fully saturated rings. The highest BCUT2D eigenvalue weighted by Crippen LogP contribution is 2.37. The summed E-state index contributed by atoms with van der Waals surface area (Å²) in [5.74, 6) is 1.28. The van der Waals surface area contributed by atoms with Gasteiger partial charge in [-0.25, -0.2) is 4.98 Å². The zero-order valence-corrected chi connectivity index (χ0v) is 15.4. The SMILES string of the molecule is COc1cc2c(cc1OC)CN(c1cc3nc[nH]c(=O)c3cc1[N+](=O)[O-])CC2. The highest BCUT2D eigenvalue weighted by molar-refractivity contribution is 5.87. The zero-order chi connectivity index (χ0) is 19.8. The second kappa shape index (κ2) is 6.84. The Morgan fingerprint density at radius 2 is 1.86 bits per heavy atom. The van der Waals surface area contributed by atoms with Gasteiger partial charge in [-0.3, -0.25) is 14.9 Å². The summed E-state index contributed by atoms with van der Waals surface area (Å²) in [6.07, 6.45) is 2.00. The minimum atomic E-state index is -0.467. The van der Waals surface area contributed by atoms with E-state index >= 15 is 0 Å². The number of nitrogens with zero attached hydrogens (tertiary/aromatic N) is 3. The van der Waals surface area contributed by atoms with Crippen molar-refractivity contribution in [2.75, 3.05) is 25.7 Å². The number of hydrogen-bond donors (Lipinski definition) is 1. The Bertz CT molecular complexity index is 1140. The van der Waals surface area contributed by atoms with Crippen LogP contribution in [0.5, 0.6) is 11.5 Å². The molecule has 1 aliphatic rings. The number of benzene rings is 2. The molecule has 9 heteroatoms. The molecule has 3 aromatic rings. The molecule has 0 saturated heterocycles. The summed E-state index contributed by atoms with van der Waals surface area (Å²) < 4.78 is 10.7. The van der Waals surface area contributed by atoms with Crippen molar-refractivity contribution in [1.29, 1.82) is 0 Å². The summed E-state index contributed by atoms with van der Waals surface area (Å²) in [5, 5.41) is 11.9. The number of H-pyrrole nitrogens is 1. The maximum absolute atomic E-state index is 12.0. The molecule has 4 rings (SSSR count). The quantitative estimate of drug-likeness (QED) is 0.545. The van der Waals surface area contributed by atoms with Crippen LogP contribution in [0.2, 0.25) is 0 Å². The van der Waals surface area contributed by atoms with Gasteiger partial charge in [0.2, 0.25) is 0 Å². The van der Waals surface area contributed by atoms with Crippen LogP contribution in [0.3, 0.4) is 0 Å². The van der Waals surface area contributed by atoms with Gasteiger partial charge in [0.25, 0.3) is 11.2 Å². The number of ether oxygens (including phenoxy) is 2. The smallest absolute Gasteiger partial charge is 0.293 e. The average molecular weight is 382 g/mol. The molecule has 28 heavy (non-hydrogen) atoms. The fraction of sp³-hybridized carbons (Fsp3) is 0.263. The van der Waals surface area contributed by atoms with Crippen LogP contribution in [0.15, 0.2) is 35.4 Å². The van der Waals surface area contributed by atoms with Crippen molar-refractivity contribution >= 4 is 22.3 Å². The first kappa shape index (κ1) is 17.8. The van der Waals surface area contributed by atoms with Gasteiger partial charge in [-0.1, -0.05) is 0 Å². The van der Waals surface area contributed by atoms with Gasteiger partial charge in [-0.15, -0.1) is 0 Å². The van der Waals surface area contributed by atoms with Crippen molar-refractivity contribution in [3.05, 3.63) is 62.2 Å². The monoisotopic (exact) mass is 382 g/mol. The fourth-order valence-corrected chi connectivity index (χ4v) is 3.58. The Hall–Kier alpha value is -3.62. The molecule has 1 aromatic heterocycles. The Balaban J connectivity index is 1.80. The molecule has 0 unspecified atom stereocenters. The molecule has 2 aromatic carbocycles. The Kier molecular flexibility index (Phi) is 4.34. The van der Waals surface area contributed by atoms with Crippen molar-refractivity contribution in [3.8, 4) is 11.5 Å². The minimum Gasteiger partial charge on any atom is -0.493 e. The lowest BCUT2D eigenvalue weighted by Crippen LogP contribution is -2.31. The number of nitro benzene ring substituents is 1. The number of fused-ring (bicyclic) bond motifs is 2. The highest BCUT2D eigenvalue weighted by Gasteiger charge is 2.26. The van der Waals surface area contributed by atoms with Gasteiger partial charge in [0.05, 0.1) is 36.4 Å². The van der Waals surface area contributed by atoms with E-state index in [1.165, 1.54) is 12.4 Å². The summed E-state index contributed by atoms with van der Waals surface area (Å²) in [7, 11) is 3.16. The normalized spacial score (nSPS) is 13.3. The van der Waals surface area contributed by atoms with E-state index in [0.29, 0.717) is 42.2 Å². The van der Waals surface area contributed by atoms with Crippen LogP contribution >= 0.6 is 0 Å². The van der Waals surface area contributed by atoms with Crippen LogP contribution in [-0.2, 0) is 13.0 Å². The first-order valence-corrected chi connectivity index (χ1v) is 8.66. The van der Waals surface area contributed by atoms with Crippen molar-refractivity contribution in [3.63, 3.8) is 0 Å². The minimum absolute atomic E-state index is 0.116. The number of anilines is 1. The molecule has 9 nitrogen and oxygen atoms in total. The van der Waals surface area contributed by atoms with Gasteiger partial charge in [-0.05, 0) is 35.7 Å². The van der Waals surface area contributed by atoms with Crippen LogP contribution in [-0.4, -0.2) is 35.7 Å². The van der Waals surface area contributed by atoms with Crippen LogP contribution in [0.4, 0.5) is 11.4 Å². The largest absolute Gasteiger partial charge is 0.493 e. The van der Waals surface area contributed by atoms with Gasteiger partial charge in [-0.2, -0.15) is 0 Å². The van der Waals surface area contributed by atoms with E-state index in [-0.39, 0.29) is 11.1 Å². The molecule has 0 saturated carbocycles. The van der Waals surface area contributed by atoms with Gasteiger partial charge >= 0.3 is 0 Å². The molecule has 0 amide bonds. The predicted octanol–water partition coefficient (Wildman–Crippen LogP) is 2.41. The third-order valence-electron chi connectivity index (χ3n) is 4.99. The average Bonchev–Trinajstić information content (AvgIpc) is 2.71. The molecule has 2 heterocycles. The first-order valence-electron chi connectivity index (χ1n) is 8.66. The van der Waals surface area contributed by atoms with Crippen molar-refractivity contribution in [2.24, 2.45) is 0 Å². The molecule has 0 aliphatic carbocycles. The summed E-state index contributed by atoms with van der Waals surface area (Å²) >= 11 is 0. The molecule has 0 bridgehead atoms. The second-order valence-corrected chi connectivity index (χ2v) is 6.49. The van der Waals surface area contributed by atoms with E-state index in [0.717, 1.165) is 11.1 Å². The molecule has 144 valence electrons. The van der Waals surface area contributed by atoms with Crippen molar-refractivity contribution in [1.82, 2.24) is 9.97 Å². The lowest BCUT2D eigenvalue weighted by atomic mass is 9.98. The third-order valence-corrected chi connectivity index (χ3v) is 4.99. The highest BCUT2D eigenvalue weighted by atomic mass is 16.6. The second-order valence-electron chi connectivity index (χ2n) is 6.49. The summed E-state index contributed by atoms with van der Waals surface area (Å²) in [6, 6.07) is 6.74. The van der Waals surface area contributed by atoms with Crippen LogP contribution in [0.25, 0.3) is 10.9 Å². The van der Waals surface area contributed by atoms with Crippen molar-refractivity contribution in [2.45, 2.75) is 13.0 Å². The molecule has 0 spiro atoms. The Morgan fingerprint density at radius 1 is 1.14 bits per heavy atom. The maximum atomic E-state index is 12.0. The molecular formula is C19H18N4O5. The predicted molar refractivity (Wildman–Crippen MR) is 103 cm³/mol. The topological polar surface area (TPSA) is 111 Å². The van der Waals surface area contributed by atoms with Crippen LogP contribution in [0, 0.1) is 10.1 Å². The van der Waals surface area contributed by atoms with Gasteiger partial charge in [0.1, 0.15) is 5.69 Å². The van der Waals surface area contributed by atoms with Gasteiger partial charge in [0, 0.05) is 19.2 Å². The lowest BCUT2D eigenvalue weighted by Gasteiger charge is -2.31. The Morgan fingerprint density at radius 3 is 2.54 bits per heavy atom. The lowest BCUT2D eigenvalue weighted by molar-refractivity contribution is -0.384. The number of nitrogens with one attached hydrogen (secondary N) is 1.